The number of methoxy groups -OCH3 is 1. The number of anilines is 2. The monoisotopic (exact) mass is 795 g/mol. The van der Waals surface area contributed by atoms with E-state index < -0.39 is 64.6 Å². The summed E-state index contributed by atoms with van der Waals surface area (Å²) in [6.45, 7) is -0.338. The summed E-state index contributed by atoms with van der Waals surface area (Å²) in [5.74, 6) is -6.84. The van der Waals surface area contributed by atoms with Crippen molar-refractivity contribution in [1.82, 2.24) is 5.01 Å². The number of allylic oxidation sites excluding steroid dienone is 2. The van der Waals surface area contributed by atoms with Gasteiger partial charge in [0.05, 0.1) is 58.8 Å². The third-order valence-corrected chi connectivity index (χ3v) is 12.1. The summed E-state index contributed by atoms with van der Waals surface area (Å²) in [6.07, 6.45) is 2.08. The Kier molecular flexibility index (Phi) is 9.60. The van der Waals surface area contributed by atoms with Gasteiger partial charge < -0.3 is 19.7 Å². The van der Waals surface area contributed by atoms with E-state index in [9.17, 15) is 24.6 Å². The maximum Gasteiger partial charge on any atom is 0.335 e. The van der Waals surface area contributed by atoms with Crippen LogP contribution < -0.4 is 19.8 Å². The lowest BCUT2D eigenvalue weighted by Gasteiger charge is -2.50. The first-order chi connectivity index (χ1) is 27.0. The van der Waals surface area contributed by atoms with Crippen molar-refractivity contribution in [2.24, 2.45) is 23.7 Å². The molecule has 4 aliphatic rings. The van der Waals surface area contributed by atoms with Crippen LogP contribution in [0, 0.1) is 23.7 Å². The van der Waals surface area contributed by atoms with Crippen molar-refractivity contribution in [2.45, 2.75) is 24.2 Å². The molecule has 2 heterocycles. The maximum atomic E-state index is 15.5. The van der Waals surface area contributed by atoms with Crippen LogP contribution in [0.4, 0.5) is 11.4 Å². The Morgan fingerprint density at radius 2 is 1.68 bits per heavy atom. The average molecular weight is 797 g/mol. The molecule has 6 unspecified atom stereocenters. The number of aliphatic hydroxyl groups is 1. The first-order valence-corrected chi connectivity index (χ1v) is 18.7. The van der Waals surface area contributed by atoms with Gasteiger partial charge in [-0.2, -0.15) is 5.01 Å². The van der Waals surface area contributed by atoms with E-state index in [0.29, 0.717) is 33.2 Å². The van der Waals surface area contributed by atoms with Gasteiger partial charge in [0, 0.05) is 16.5 Å². The molecule has 2 aliphatic heterocycles. The van der Waals surface area contributed by atoms with Gasteiger partial charge >= 0.3 is 5.97 Å². The molecule has 12 nitrogen and oxygen atoms in total. The molecular weight excluding hydrogens is 761 g/mol. The van der Waals surface area contributed by atoms with Crippen LogP contribution >= 0.6 is 23.2 Å². The fraction of sp³-hybridized carbons (Fsp3) is 0.262. The number of fused-ring (bicyclic) bond motifs is 4. The standard InChI is InChI=1S/C42H35Cl2N3O9/c1-55-26-12-9-23(10-13-26)42-31(38(50)47(41(42)54)45-33-16-11-24(43)20-32(33)44)21-30-27(36(42)28-7-2-3-8-34(28)56-18-17-48)14-15-29-35(30)39(51)46(37(29)49)25-6-4-5-22(19-25)40(52)53/h2-14,16,19-20,29-31,35-36,45,48H,15,17-18,21H2,1H3,(H,52,53). The number of benzene rings is 4. The summed E-state index contributed by atoms with van der Waals surface area (Å²) in [6, 6.07) is 24.3. The third-order valence-electron chi connectivity index (χ3n) is 11.5. The molecule has 1 saturated carbocycles. The molecule has 3 fully saturated rings. The second kappa shape index (κ2) is 14.4. The molecular formula is C42H35Cl2N3O9. The van der Waals surface area contributed by atoms with E-state index in [1.54, 1.807) is 54.6 Å². The Hall–Kier alpha value is -5.69. The van der Waals surface area contributed by atoms with Gasteiger partial charge in [0.15, 0.2) is 0 Å². The highest BCUT2D eigenvalue weighted by Gasteiger charge is 2.70. The van der Waals surface area contributed by atoms with Crippen LogP contribution in [-0.4, -0.2) is 65.1 Å². The van der Waals surface area contributed by atoms with E-state index in [1.807, 2.05) is 12.1 Å². The number of rotatable bonds is 10. The summed E-state index contributed by atoms with van der Waals surface area (Å²) in [5, 5.41) is 21.0. The lowest BCUT2D eigenvalue weighted by atomic mass is 9.49. The Morgan fingerprint density at radius 3 is 2.39 bits per heavy atom. The van der Waals surface area contributed by atoms with Gasteiger partial charge in [0.25, 0.3) is 11.8 Å². The number of hydrogen-bond acceptors (Lipinski definition) is 9. The minimum atomic E-state index is -1.62. The highest BCUT2D eigenvalue weighted by atomic mass is 35.5. The van der Waals surface area contributed by atoms with Gasteiger partial charge in [-0.3, -0.25) is 29.5 Å². The SMILES string of the molecule is COc1ccc(C23C(=O)N(Nc4ccc(Cl)cc4Cl)C(=O)C2CC2C(=CCC4C(=O)N(c5cccc(C(=O)O)c5)C(=O)C42)C3c2ccccc2OCCO)cc1. The first kappa shape index (κ1) is 37.2. The molecule has 286 valence electrons. The molecule has 6 atom stereocenters. The molecule has 56 heavy (non-hydrogen) atoms. The zero-order valence-corrected chi connectivity index (χ0v) is 31.4. The summed E-state index contributed by atoms with van der Waals surface area (Å²) in [5.41, 5.74) is 3.42. The molecule has 2 aliphatic carbocycles. The third kappa shape index (κ3) is 5.74. The zero-order valence-electron chi connectivity index (χ0n) is 29.9. The van der Waals surface area contributed by atoms with Crippen LogP contribution in [0.15, 0.2) is 103 Å². The van der Waals surface area contributed by atoms with Crippen molar-refractivity contribution in [3.8, 4) is 11.5 Å². The molecule has 0 aromatic heterocycles. The number of halogens is 2. The smallest absolute Gasteiger partial charge is 0.335 e. The maximum absolute atomic E-state index is 15.5. The lowest BCUT2D eigenvalue weighted by Crippen LogP contribution is -2.53. The van der Waals surface area contributed by atoms with Crippen LogP contribution in [0.3, 0.4) is 0 Å². The van der Waals surface area contributed by atoms with Crippen LogP contribution in [0.1, 0.15) is 40.2 Å². The molecule has 3 N–H and O–H groups in total. The number of aliphatic hydroxyl groups excluding tert-OH is 1. The van der Waals surface area contributed by atoms with Crippen LogP contribution in [0.5, 0.6) is 11.5 Å². The number of nitrogens with one attached hydrogen (secondary N) is 1. The van der Waals surface area contributed by atoms with Gasteiger partial charge in [0.2, 0.25) is 11.8 Å². The van der Waals surface area contributed by atoms with E-state index in [1.165, 1.54) is 37.4 Å². The van der Waals surface area contributed by atoms with Crippen molar-refractivity contribution < 1.29 is 43.7 Å². The predicted molar refractivity (Wildman–Crippen MR) is 206 cm³/mol. The van der Waals surface area contributed by atoms with E-state index in [2.05, 4.69) is 5.43 Å². The molecule has 0 spiro atoms. The number of hydrogen-bond donors (Lipinski definition) is 3. The number of imide groups is 2. The van der Waals surface area contributed by atoms with Crippen molar-refractivity contribution >= 4 is 64.2 Å². The van der Waals surface area contributed by atoms with E-state index in [4.69, 9.17) is 32.7 Å². The number of carbonyl (C=O) groups excluding carboxylic acids is 4. The molecule has 14 heteroatoms. The second-order valence-electron chi connectivity index (χ2n) is 14.2. The fourth-order valence-electron chi connectivity index (χ4n) is 9.23. The van der Waals surface area contributed by atoms with Gasteiger partial charge in [-0.15, -0.1) is 0 Å². The summed E-state index contributed by atoms with van der Waals surface area (Å²) in [4.78, 5) is 72.2. The Balaban J connectivity index is 1.33. The highest BCUT2D eigenvalue weighted by molar-refractivity contribution is 6.36. The molecule has 2 saturated heterocycles. The molecule has 0 radical (unpaired) electrons. The Morgan fingerprint density at radius 1 is 0.911 bits per heavy atom. The number of aromatic carboxylic acids is 1. The number of carbonyl (C=O) groups is 5. The van der Waals surface area contributed by atoms with Crippen molar-refractivity contribution in [3.63, 3.8) is 0 Å². The minimum absolute atomic E-state index is 0.0221. The molecule has 4 amide bonds. The first-order valence-electron chi connectivity index (χ1n) is 18.0. The number of para-hydroxylation sites is 1. The quantitative estimate of drug-likeness (QED) is 0.123. The number of ether oxygens (including phenoxy) is 2. The zero-order chi connectivity index (χ0) is 39.5. The molecule has 4 aromatic carbocycles. The van der Waals surface area contributed by atoms with Gasteiger partial charge in [-0.05, 0) is 78.9 Å². The lowest BCUT2D eigenvalue weighted by molar-refractivity contribution is -0.138. The van der Waals surface area contributed by atoms with Crippen LogP contribution in [0.25, 0.3) is 0 Å². The number of amides is 4. The van der Waals surface area contributed by atoms with E-state index >= 15 is 9.59 Å². The van der Waals surface area contributed by atoms with Gasteiger partial charge in [-0.1, -0.05) is 71.2 Å². The summed E-state index contributed by atoms with van der Waals surface area (Å²) >= 11 is 12.7. The Labute approximate surface area is 331 Å². The van der Waals surface area contributed by atoms with E-state index in [0.717, 1.165) is 9.91 Å². The van der Waals surface area contributed by atoms with Gasteiger partial charge in [-0.25, -0.2) is 4.79 Å². The highest BCUT2D eigenvalue weighted by Crippen LogP contribution is 2.65. The van der Waals surface area contributed by atoms with Crippen molar-refractivity contribution in [2.75, 3.05) is 30.6 Å². The largest absolute Gasteiger partial charge is 0.497 e. The predicted octanol–water partition coefficient (Wildman–Crippen LogP) is 6.26. The fourth-order valence-corrected chi connectivity index (χ4v) is 9.68. The average Bonchev–Trinajstić information content (AvgIpc) is 3.58. The van der Waals surface area contributed by atoms with Crippen molar-refractivity contribution in [1.29, 1.82) is 0 Å². The van der Waals surface area contributed by atoms with Crippen molar-refractivity contribution in [3.05, 3.63) is 129 Å². The van der Waals surface area contributed by atoms with Gasteiger partial charge in [0.1, 0.15) is 18.1 Å². The number of hydrazine groups is 1. The number of nitrogens with zero attached hydrogens (tertiary/aromatic N) is 2. The Bertz CT molecular complexity index is 2330. The molecule has 8 rings (SSSR count). The topological polar surface area (TPSA) is 163 Å². The second-order valence-corrected chi connectivity index (χ2v) is 15.0. The molecule has 4 aromatic rings. The summed E-state index contributed by atoms with van der Waals surface area (Å²) < 4.78 is 11.6. The minimum Gasteiger partial charge on any atom is -0.497 e. The number of carboxylic acid groups (broad SMARTS) is 1. The van der Waals surface area contributed by atoms with Crippen LogP contribution in [0.2, 0.25) is 10.0 Å². The normalized spacial score (nSPS) is 25.4. The molecule has 0 bridgehead atoms. The van der Waals surface area contributed by atoms with Crippen LogP contribution in [-0.2, 0) is 24.6 Å². The number of carboxylic acids is 1. The summed E-state index contributed by atoms with van der Waals surface area (Å²) in [7, 11) is 1.52. The van der Waals surface area contributed by atoms with E-state index in [-0.39, 0.29) is 48.0 Å².